The van der Waals surface area contributed by atoms with Crippen molar-refractivity contribution in [3.63, 3.8) is 0 Å². The van der Waals surface area contributed by atoms with Gasteiger partial charge >= 0.3 is 0 Å². The number of nitrogens with two attached hydrogens (primary N) is 1. The van der Waals surface area contributed by atoms with Crippen LogP contribution >= 0.6 is 24.8 Å². The number of benzene rings is 1. The fourth-order valence-corrected chi connectivity index (χ4v) is 3.97. The molecule has 7 nitrogen and oxygen atoms in total. The summed E-state index contributed by atoms with van der Waals surface area (Å²) in [6.07, 6.45) is 6.58. The van der Waals surface area contributed by atoms with E-state index >= 15 is 0 Å². The highest BCUT2D eigenvalue weighted by atomic mass is 35.5. The largest absolute Gasteiger partial charge is 0.353 e. The molecule has 2 fully saturated rings. The SMILES string of the molecule is Cl.Cl.N[C@H](Cc1ccccc1)c1nc(CC2CC2)nn1CC(=O)NCCN1CCCC1. The van der Waals surface area contributed by atoms with Crippen molar-refractivity contribution in [3.8, 4) is 0 Å². The number of aromatic nitrogens is 3. The van der Waals surface area contributed by atoms with Gasteiger partial charge in [0.05, 0.1) is 6.04 Å². The van der Waals surface area contributed by atoms with Crippen LogP contribution in [-0.2, 0) is 24.2 Å². The second-order valence-electron chi connectivity index (χ2n) is 8.39. The highest BCUT2D eigenvalue weighted by Crippen LogP contribution is 2.32. The van der Waals surface area contributed by atoms with E-state index in [4.69, 9.17) is 10.7 Å². The zero-order valence-electron chi connectivity index (χ0n) is 17.9. The first-order valence-electron chi connectivity index (χ1n) is 10.9. The second-order valence-corrected chi connectivity index (χ2v) is 8.39. The molecule has 1 aromatic carbocycles. The van der Waals surface area contributed by atoms with Crippen molar-refractivity contribution < 1.29 is 4.79 Å². The predicted octanol–water partition coefficient (Wildman–Crippen LogP) is 2.53. The maximum absolute atomic E-state index is 12.5. The van der Waals surface area contributed by atoms with Crippen LogP contribution in [0.1, 0.15) is 48.9 Å². The van der Waals surface area contributed by atoms with Crippen molar-refractivity contribution in [2.45, 2.75) is 51.1 Å². The molecule has 9 heteroatoms. The van der Waals surface area contributed by atoms with Gasteiger partial charge in [0, 0.05) is 19.5 Å². The average Bonchev–Trinajstić information content (AvgIpc) is 3.20. The van der Waals surface area contributed by atoms with Crippen LogP contribution in [0.4, 0.5) is 0 Å². The van der Waals surface area contributed by atoms with Gasteiger partial charge in [-0.2, -0.15) is 5.10 Å². The van der Waals surface area contributed by atoms with Crippen LogP contribution in [0.25, 0.3) is 0 Å². The lowest BCUT2D eigenvalue weighted by atomic mass is 10.1. The smallest absolute Gasteiger partial charge is 0.241 e. The van der Waals surface area contributed by atoms with Gasteiger partial charge in [-0.15, -0.1) is 24.8 Å². The van der Waals surface area contributed by atoms with Gasteiger partial charge in [0.1, 0.15) is 12.4 Å². The van der Waals surface area contributed by atoms with Crippen LogP contribution in [0.5, 0.6) is 0 Å². The van der Waals surface area contributed by atoms with Gasteiger partial charge in [0.25, 0.3) is 0 Å². The predicted molar refractivity (Wildman–Crippen MR) is 127 cm³/mol. The summed E-state index contributed by atoms with van der Waals surface area (Å²) in [4.78, 5) is 19.6. The Morgan fingerprint density at radius 1 is 1.16 bits per heavy atom. The van der Waals surface area contributed by atoms with Crippen molar-refractivity contribution in [1.29, 1.82) is 0 Å². The third-order valence-electron chi connectivity index (χ3n) is 5.78. The normalized spacial score (nSPS) is 16.9. The minimum absolute atomic E-state index is 0. The van der Waals surface area contributed by atoms with Crippen LogP contribution in [0.15, 0.2) is 30.3 Å². The van der Waals surface area contributed by atoms with E-state index in [1.807, 2.05) is 18.2 Å². The summed E-state index contributed by atoms with van der Waals surface area (Å²) >= 11 is 0. The molecular weight excluding hydrogens is 435 g/mol. The van der Waals surface area contributed by atoms with Crippen molar-refractivity contribution in [2.75, 3.05) is 26.2 Å². The van der Waals surface area contributed by atoms with E-state index in [1.54, 1.807) is 4.68 Å². The van der Waals surface area contributed by atoms with Crippen LogP contribution in [0, 0.1) is 5.92 Å². The summed E-state index contributed by atoms with van der Waals surface area (Å²) < 4.78 is 1.72. The Morgan fingerprint density at radius 2 is 1.87 bits per heavy atom. The molecule has 0 bridgehead atoms. The molecule has 2 heterocycles. The summed E-state index contributed by atoms with van der Waals surface area (Å²) in [5, 5.41) is 7.66. The number of nitrogens with one attached hydrogen (secondary N) is 1. The van der Waals surface area contributed by atoms with Crippen molar-refractivity contribution in [3.05, 3.63) is 47.5 Å². The van der Waals surface area contributed by atoms with Crippen molar-refractivity contribution in [1.82, 2.24) is 25.0 Å². The number of amides is 1. The zero-order valence-corrected chi connectivity index (χ0v) is 19.5. The molecule has 1 aliphatic heterocycles. The molecule has 1 aromatic heterocycles. The summed E-state index contributed by atoms with van der Waals surface area (Å²) in [5.41, 5.74) is 7.64. The zero-order chi connectivity index (χ0) is 20.1. The van der Waals surface area contributed by atoms with E-state index in [9.17, 15) is 4.79 Å². The Hall–Kier alpha value is -1.67. The van der Waals surface area contributed by atoms with Gasteiger partial charge in [-0.3, -0.25) is 4.79 Å². The minimum atomic E-state index is -0.282. The average molecular weight is 469 g/mol. The molecule has 2 aliphatic rings. The Labute approximate surface area is 197 Å². The third kappa shape index (κ3) is 7.75. The number of rotatable bonds is 10. The molecule has 1 saturated carbocycles. The van der Waals surface area contributed by atoms with Crippen molar-refractivity contribution in [2.24, 2.45) is 11.7 Å². The molecule has 172 valence electrons. The highest BCUT2D eigenvalue weighted by Gasteiger charge is 2.26. The summed E-state index contributed by atoms with van der Waals surface area (Å²) in [6.45, 7) is 4.05. The molecule has 0 unspecified atom stereocenters. The quantitative estimate of drug-likeness (QED) is 0.558. The van der Waals surface area contributed by atoms with Gasteiger partial charge < -0.3 is 16.0 Å². The van der Waals surface area contributed by atoms with Gasteiger partial charge in [-0.05, 0) is 56.7 Å². The van der Waals surface area contributed by atoms with Crippen LogP contribution in [-0.4, -0.2) is 51.8 Å². The monoisotopic (exact) mass is 468 g/mol. The summed E-state index contributed by atoms with van der Waals surface area (Å²) in [7, 11) is 0. The van der Waals surface area contributed by atoms with E-state index in [-0.39, 0.29) is 43.3 Å². The maximum atomic E-state index is 12.5. The first-order chi connectivity index (χ1) is 14.2. The van der Waals surface area contributed by atoms with Crippen LogP contribution in [0.3, 0.4) is 0 Å². The van der Waals surface area contributed by atoms with Gasteiger partial charge in [-0.25, -0.2) is 9.67 Å². The summed E-state index contributed by atoms with van der Waals surface area (Å²) in [6, 6.07) is 9.87. The standard InChI is InChI=1S/C22H32N6O.2ClH/c23-19(14-17-6-2-1-3-7-17)22-25-20(15-18-8-9-18)26-28(22)16-21(29)24-10-13-27-11-4-5-12-27;;/h1-3,6-7,18-19H,4-5,8-16,23H2,(H,24,29);2*1H/t19-;;/m1../s1. The van der Waals surface area contributed by atoms with Gasteiger partial charge in [0.2, 0.25) is 5.91 Å². The Bertz CT molecular complexity index is 806. The third-order valence-corrected chi connectivity index (χ3v) is 5.78. The minimum Gasteiger partial charge on any atom is -0.353 e. The number of hydrogen-bond donors (Lipinski definition) is 2. The first kappa shape index (κ1) is 25.6. The fraction of sp³-hybridized carbons (Fsp3) is 0.591. The number of carbonyl (C=O) groups is 1. The first-order valence-corrected chi connectivity index (χ1v) is 10.9. The van der Waals surface area contributed by atoms with Crippen LogP contribution in [0.2, 0.25) is 0 Å². The molecule has 2 aromatic rings. The highest BCUT2D eigenvalue weighted by molar-refractivity contribution is 5.85. The Kier molecular flexibility index (Phi) is 10.2. The molecule has 31 heavy (non-hydrogen) atoms. The molecular formula is C22H34Cl2N6O. The lowest BCUT2D eigenvalue weighted by Gasteiger charge is -2.15. The second kappa shape index (κ2) is 12.4. The van der Waals surface area contributed by atoms with E-state index in [1.165, 1.54) is 25.7 Å². The molecule has 0 radical (unpaired) electrons. The molecule has 1 aliphatic carbocycles. The van der Waals surface area contributed by atoms with E-state index in [0.29, 0.717) is 24.7 Å². The molecule has 1 saturated heterocycles. The van der Waals surface area contributed by atoms with E-state index < -0.39 is 0 Å². The number of halogens is 2. The topological polar surface area (TPSA) is 89.1 Å². The van der Waals surface area contributed by atoms with E-state index in [0.717, 1.165) is 37.4 Å². The van der Waals surface area contributed by atoms with Gasteiger partial charge in [0.15, 0.2) is 5.82 Å². The fourth-order valence-electron chi connectivity index (χ4n) is 3.97. The number of nitrogens with zero attached hydrogens (tertiary/aromatic N) is 4. The molecule has 3 N–H and O–H groups in total. The number of hydrogen-bond acceptors (Lipinski definition) is 5. The van der Waals surface area contributed by atoms with Crippen LogP contribution < -0.4 is 11.1 Å². The maximum Gasteiger partial charge on any atom is 0.241 e. The van der Waals surface area contributed by atoms with Gasteiger partial charge in [-0.1, -0.05) is 30.3 Å². The lowest BCUT2D eigenvalue weighted by molar-refractivity contribution is -0.121. The van der Waals surface area contributed by atoms with Crippen molar-refractivity contribution >= 4 is 30.7 Å². The molecule has 0 spiro atoms. The summed E-state index contributed by atoms with van der Waals surface area (Å²) in [5.74, 6) is 2.19. The number of carbonyl (C=O) groups excluding carboxylic acids is 1. The Balaban J connectivity index is 0.00000171. The Morgan fingerprint density at radius 3 is 2.55 bits per heavy atom. The molecule has 1 amide bonds. The lowest BCUT2D eigenvalue weighted by Crippen LogP contribution is -2.36. The number of likely N-dealkylation sites (tertiary alicyclic amines) is 1. The molecule has 4 rings (SSSR count). The molecule has 1 atom stereocenters. The van der Waals surface area contributed by atoms with E-state index in [2.05, 4.69) is 27.4 Å².